The summed E-state index contributed by atoms with van der Waals surface area (Å²) in [6.45, 7) is 8.78. The maximum Gasteiger partial charge on any atom is 0.476 e. The number of thioether (sulfide) groups is 1. The molecule has 2 aliphatic heterocycles. The van der Waals surface area contributed by atoms with Crippen LogP contribution >= 0.6 is 19.6 Å². The summed E-state index contributed by atoms with van der Waals surface area (Å²) in [5, 5.41) is 0. The Morgan fingerprint density at radius 1 is 0.640 bits per heavy atom. The van der Waals surface area contributed by atoms with Crippen molar-refractivity contribution in [1.82, 2.24) is 0 Å². The normalized spacial score (nSPS) is 25.6. The van der Waals surface area contributed by atoms with Gasteiger partial charge in [0.15, 0.2) is 0 Å². The van der Waals surface area contributed by atoms with E-state index >= 15 is 0 Å². The highest BCUT2D eigenvalue weighted by Gasteiger charge is 2.55. The van der Waals surface area contributed by atoms with Crippen molar-refractivity contribution >= 4 is 19.6 Å². The lowest BCUT2D eigenvalue weighted by Crippen LogP contribution is -2.60. The Kier molecular flexibility index (Phi) is 12.3. The zero-order chi connectivity index (χ0) is 35.0. The molecule has 0 aromatic heterocycles. The average molecular weight is 719 g/mol. The molecule has 0 saturated carbocycles. The van der Waals surface area contributed by atoms with E-state index in [1.54, 1.807) is 0 Å². The van der Waals surface area contributed by atoms with Crippen LogP contribution in [0.1, 0.15) is 50.8 Å². The van der Waals surface area contributed by atoms with E-state index in [0.29, 0.717) is 19.6 Å². The molecule has 2 aliphatic rings. The first kappa shape index (κ1) is 37.0. The van der Waals surface area contributed by atoms with Gasteiger partial charge in [0.1, 0.15) is 29.9 Å². The summed E-state index contributed by atoms with van der Waals surface area (Å²) in [4.78, 5) is 0.949. The van der Waals surface area contributed by atoms with Crippen molar-refractivity contribution < 1.29 is 37.1 Å². The van der Waals surface area contributed by atoms with E-state index in [2.05, 4.69) is 0 Å². The molecule has 0 aliphatic carbocycles. The Hall–Kier alpha value is -2.82. The van der Waals surface area contributed by atoms with E-state index in [9.17, 15) is 4.57 Å². The lowest BCUT2D eigenvalue weighted by atomic mass is 9.93. The molecule has 266 valence electrons. The topological polar surface area (TPSA) is 81.7 Å². The largest absolute Gasteiger partial charge is 0.476 e. The van der Waals surface area contributed by atoms with Crippen LogP contribution in [-0.4, -0.2) is 47.7 Å². The van der Waals surface area contributed by atoms with Gasteiger partial charge in [0.05, 0.1) is 37.6 Å². The number of ether oxygens (including phenoxy) is 4. The van der Waals surface area contributed by atoms with Crippen LogP contribution in [0.2, 0.25) is 0 Å². The zero-order valence-corrected chi connectivity index (χ0v) is 30.8. The Morgan fingerprint density at radius 3 is 1.62 bits per heavy atom. The SMILES string of the molecule is CC1(C)CC(C)(C)OP(=O)(OC2C(Sc3ccccc3)OC(COCc3ccccc3)C(OCc3ccccc3)C2OCc2ccccc2)O1. The summed E-state index contributed by atoms with van der Waals surface area (Å²) in [7, 11) is -4.14. The smallest absolute Gasteiger partial charge is 0.374 e. The first-order valence-electron chi connectivity index (χ1n) is 17.1. The fourth-order valence-corrected chi connectivity index (χ4v) is 9.75. The van der Waals surface area contributed by atoms with E-state index in [-0.39, 0.29) is 13.2 Å². The van der Waals surface area contributed by atoms with Gasteiger partial charge < -0.3 is 18.9 Å². The van der Waals surface area contributed by atoms with Crippen molar-refractivity contribution in [1.29, 1.82) is 0 Å². The highest BCUT2D eigenvalue weighted by molar-refractivity contribution is 7.99. The van der Waals surface area contributed by atoms with Gasteiger partial charge in [0, 0.05) is 11.3 Å². The Morgan fingerprint density at radius 2 is 1.10 bits per heavy atom. The summed E-state index contributed by atoms with van der Waals surface area (Å²) >= 11 is 1.46. The molecule has 5 unspecified atom stereocenters. The van der Waals surface area contributed by atoms with E-state index in [1.807, 2.05) is 149 Å². The fraction of sp³-hybridized carbons (Fsp3) is 0.400. The van der Waals surface area contributed by atoms with Gasteiger partial charge in [-0.15, -0.1) is 0 Å². The van der Waals surface area contributed by atoms with Crippen molar-refractivity contribution in [3.8, 4) is 0 Å². The highest BCUT2D eigenvalue weighted by atomic mass is 32.2. The monoisotopic (exact) mass is 718 g/mol. The third-order valence-corrected chi connectivity index (χ3v) is 11.5. The third kappa shape index (κ3) is 10.4. The molecule has 2 fully saturated rings. The van der Waals surface area contributed by atoms with E-state index in [4.69, 9.17) is 32.5 Å². The van der Waals surface area contributed by atoms with Crippen molar-refractivity contribution in [3.63, 3.8) is 0 Å². The van der Waals surface area contributed by atoms with Crippen LogP contribution in [0.5, 0.6) is 0 Å². The summed E-state index contributed by atoms with van der Waals surface area (Å²) in [5.41, 5.74) is 0.813. The standard InChI is InChI=1S/C40H47O8PS/c1-39(2)29-40(3,4)48-49(41,47-39)46-37-36(44-27-32-21-13-7-14-22-32)35(43-26-31-19-11-6-12-20-31)34(28-42-25-30-17-9-5-10-18-30)45-38(37)50-33-23-15-8-16-24-33/h5-24,34-38H,25-29H2,1-4H3. The molecule has 0 N–H and O–H groups in total. The second-order valence-electron chi connectivity index (χ2n) is 13.9. The summed E-state index contributed by atoms with van der Waals surface area (Å²) < 4.78 is 60.2. The first-order chi connectivity index (χ1) is 24.1. The number of phosphoric acid groups is 1. The van der Waals surface area contributed by atoms with Crippen LogP contribution in [0.25, 0.3) is 0 Å². The molecular weight excluding hydrogens is 671 g/mol. The number of hydrogen-bond donors (Lipinski definition) is 0. The van der Waals surface area contributed by atoms with E-state index in [1.165, 1.54) is 11.8 Å². The van der Waals surface area contributed by atoms with E-state index < -0.39 is 48.9 Å². The van der Waals surface area contributed by atoms with Crippen LogP contribution in [-0.2, 0) is 56.9 Å². The summed E-state index contributed by atoms with van der Waals surface area (Å²) in [6, 6.07) is 39.8. The maximum absolute atomic E-state index is 14.6. The van der Waals surface area contributed by atoms with Crippen molar-refractivity contribution in [2.75, 3.05) is 6.61 Å². The van der Waals surface area contributed by atoms with Crippen LogP contribution < -0.4 is 0 Å². The van der Waals surface area contributed by atoms with Gasteiger partial charge in [-0.1, -0.05) is 121 Å². The third-order valence-electron chi connectivity index (χ3n) is 8.37. The molecule has 50 heavy (non-hydrogen) atoms. The molecule has 0 spiro atoms. The molecule has 0 radical (unpaired) electrons. The second kappa shape index (κ2) is 16.7. The number of rotatable bonds is 14. The molecule has 2 heterocycles. The maximum atomic E-state index is 14.6. The number of benzene rings is 4. The van der Waals surface area contributed by atoms with Crippen LogP contribution in [0.15, 0.2) is 126 Å². The first-order valence-corrected chi connectivity index (χ1v) is 19.4. The molecule has 10 heteroatoms. The minimum Gasteiger partial charge on any atom is -0.374 e. The summed E-state index contributed by atoms with van der Waals surface area (Å²) in [6.07, 6.45) is -2.39. The zero-order valence-electron chi connectivity index (χ0n) is 29.1. The van der Waals surface area contributed by atoms with Gasteiger partial charge >= 0.3 is 7.82 Å². The van der Waals surface area contributed by atoms with Gasteiger partial charge in [-0.05, 0) is 56.5 Å². The molecule has 5 atom stereocenters. The average Bonchev–Trinajstić information content (AvgIpc) is 3.08. The van der Waals surface area contributed by atoms with Gasteiger partial charge in [0.2, 0.25) is 0 Å². The Labute approximate surface area is 300 Å². The van der Waals surface area contributed by atoms with Crippen molar-refractivity contribution in [2.24, 2.45) is 0 Å². The van der Waals surface area contributed by atoms with Gasteiger partial charge in [0.25, 0.3) is 0 Å². The van der Waals surface area contributed by atoms with Crippen molar-refractivity contribution in [3.05, 3.63) is 138 Å². The Bertz CT molecular complexity index is 1640. The lowest BCUT2D eigenvalue weighted by Gasteiger charge is -2.48. The predicted octanol–water partition coefficient (Wildman–Crippen LogP) is 9.38. The van der Waals surface area contributed by atoms with Gasteiger partial charge in [-0.25, -0.2) is 4.57 Å². The predicted molar refractivity (Wildman–Crippen MR) is 195 cm³/mol. The summed E-state index contributed by atoms with van der Waals surface area (Å²) in [5.74, 6) is 0. The minimum absolute atomic E-state index is 0.225. The van der Waals surface area contributed by atoms with Gasteiger partial charge in [-0.3, -0.25) is 13.6 Å². The van der Waals surface area contributed by atoms with E-state index in [0.717, 1.165) is 21.6 Å². The number of hydrogen-bond acceptors (Lipinski definition) is 9. The van der Waals surface area contributed by atoms with Crippen LogP contribution in [0, 0.1) is 0 Å². The molecule has 6 rings (SSSR count). The highest BCUT2D eigenvalue weighted by Crippen LogP contribution is 2.63. The quantitative estimate of drug-likeness (QED) is 0.119. The molecule has 4 aromatic carbocycles. The number of phosphoric ester groups is 1. The molecule has 2 saturated heterocycles. The van der Waals surface area contributed by atoms with Crippen LogP contribution in [0.3, 0.4) is 0 Å². The fourth-order valence-electron chi connectivity index (χ4n) is 6.55. The molecule has 0 bridgehead atoms. The lowest BCUT2D eigenvalue weighted by molar-refractivity contribution is -0.243. The molecular formula is C40H47O8PS. The molecule has 0 amide bonds. The van der Waals surface area contributed by atoms with Crippen molar-refractivity contribution in [2.45, 2.75) is 99.9 Å². The Balaban J connectivity index is 1.37. The van der Waals surface area contributed by atoms with Gasteiger partial charge in [-0.2, -0.15) is 0 Å². The molecule has 4 aromatic rings. The van der Waals surface area contributed by atoms with Crippen LogP contribution in [0.4, 0.5) is 0 Å². The second-order valence-corrected chi connectivity index (χ2v) is 16.5. The molecule has 8 nitrogen and oxygen atoms in total. The minimum atomic E-state index is -4.14.